The van der Waals surface area contributed by atoms with Gasteiger partial charge in [0.25, 0.3) is 0 Å². The fourth-order valence-corrected chi connectivity index (χ4v) is 3.69. The Morgan fingerprint density at radius 3 is 2.57 bits per heavy atom. The number of anilines is 1. The average Bonchev–Trinajstić information content (AvgIpc) is 3.11. The van der Waals surface area contributed by atoms with E-state index in [0.29, 0.717) is 16.2 Å². The van der Waals surface area contributed by atoms with Gasteiger partial charge in [0.05, 0.1) is 11.4 Å². The number of carbonyl (C=O) groups is 1. The van der Waals surface area contributed by atoms with Gasteiger partial charge in [-0.15, -0.1) is 5.10 Å². The van der Waals surface area contributed by atoms with Crippen LogP contribution in [0.25, 0.3) is 16.9 Å². The molecule has 0 aliphatic carbocycles. The van der Waals surface area contributed by atoms with Crippen molar-refractivity contribution in [1.29, 1.82) is 0 Å². The molecule has 2 heterocycles. The number of aryl methyl sites for hydroxylation is 2. The second-order valence-electron chi connectivity index (χ2n) is 6.40. The number of nitrogens with zero attached hydrogens (tertiary/aromatic N) is 5. The van der Waals surface area contributed by atoms with E-state index in [1.165, 1.54) is 18.1 Å². The number of benzene rings is 2. The van der Waals surface area contributed by atoms with Crippen molar-refractivity contribution in [2.75, 3.05) is 11.1 Å². The largest absolute Gasteiger partial charge is 0.325 e. The van der Waals surface area contributed by atoms with E-state index in [2.05, 4.69) is 31.7 Å². The van der Waals surface area contributed by atoms with Gasteiger partial charge in [0, 0.05) is 5.69 Å². The predicted molar refractivity (Wildman–Crippen MR) is 110 cm³/mol. The number of amides is 1. The van der Waals surface area contributed by atoms with Crippen LogP contribution in [0.2, 0.25) is 0 Å². The van der Waals surface area contributed by atoms with Gasteiger partial charge in [0.1, 0.15) is 11.4 Å². The third-order valence-corrected chi connectivity index (χ3v) is 5.03. The molecule has 0 atom stereocenters. The molecule has 0 saturated carbocycles. The van der Waals surface area contributed by atoms with Gasteiger partial charge in [0.15, 0.2) is 11.2 Å². The second-order valence-corrected chi connectivity index (χ2v) is 7.37. The average molecular weight is 390 g/mol. The van der Waals surface area contributed by atoms with Gasteiger partial charge in [-0.3, -0.25) is 4.79 Å². The molecular formula is C20H18N6OS. The van der Waals surface area contributed by atoms with Gasteiger partial charge < -0.3 is 5.32 Å². The van der Waals surface area contributed by atoms with Crippen LogP contribution in [0.5, 0.6) is 0 Å². The van der Waals surface area contributed by atoms with Crippen molar-refractivity contribution in [3.63, 3.8) is 0 Å². The van der Waals surface area contributed by atoms with Gasteiger partial charge in [0.2, 0.25) is 5.91 Å². The van der Waals surface area contributed by atoms with Crippen molar-refractivity contribution in [2.24, 2.45) is 0 Å². The predicted octanol–water partition coefficient (Wildman–Crippen LogP) is 3.56. The molecule has 2 aromatic carbocycles. The maximum Gasteiger partial charge on any atom is 0.234 e. The first-order valence-electron chi connectivity index (χ1n) is 8.73. The molecule has 0 spiro atoms. The number of para-hydroxylation sites is 1. The maximum absolute atomic E-state index is 12.4. The third kappa shape index (κ3) is 3.86. The number of nitrogens with one attached hydrogen (secondary N) is 1. The number of hydrogen-bond donors (Lipinski definition) is 1. The Kier molecular flexibility index (Phi) is 5.03. The Balaban J connectivity index is 1.51. The monoisotopic (exact) mass is 390 g/mol. The molecule has 1 N–H and O–H groups in total. The number of carbonyl (C=O) groups excluding carboxylic acids is 1. The van der Waals surface area contributed by atoms with Crippen LogP contribution in [0.1, 0.15) is 11.1 Å². The van der Waals surface area contributed by atoms with Crippen LogP contribution in [0.15, 0.2) is 59.9 Å². The first-order chi connectivity index (χ1) is 13.6. The minimum atomic E-state index is -0.0998. The van der Waals surface area contributed by atoms with Crippen molar-refractivity contribution in [1.82, 2.24) is 25.0 Å². The molecule has 4 aromatic rings. The van der Waals surface area contributed by atoms with E-state index in [9.17, 15) is 4.79 Å². The Hall–Kier alpha value is -3.26. The Morgan fingerprint density at radius 1 is 1.07 bits per heavy atom. The standard InChI is InChI=1S/C20H18N6OS/c1-13-8-14(2)10-15(9-13)23-17(27)11-28-20-18-19(21-12-22-20)26(25-24-18)16-6-4-3-5-7-16/h3-10,12H,11H2,1-2H3,(H,23,27). The van der Waals surface area contributed by atoms with E-state index in [4.69, 9.17) is 0 Å². The molecule has 140 valence electrons. The van der Waals surface area contributed by atoms with Crippen molar-refractivity contribution >= 4 is 34.5 Å². The van der Waals surface area contributed by atoms with Gasteiger partial charge >= 0.3 is 0 Å². The number of aromatic nitrogens is 5. The van der Waals surface area contributed by atoms with Crippen LogP contribution in [0.3, 0.4) is 0 Å². The third-order valence-electron chi connectivity index (χ3n) is 4.05. The Bertz CT molecular complexity index is 1120. The van der Waals surface area contributed by atoms with Crippen LogP contribution in [-0.2, 0) is 4.79 Å². The summed E-state index contributed by atoms with van der Waals surface area (Å²) in [6.07, 6.45) is 1.47. The fraction of sp³-hybridized carbons (Fsp3) is 0.150. The minimum absolute atomic E-state index is 0.0998. The molecule has 8 heteroatoms. The zero-order valence-corrected chi connectivity index (χ0v) is 16.3. The lowest BCUT2D eigenvalue weighted by Crippen LogP contribution is -2.14. The van der Waals surface area contributed by atoms with Crippen LogP contribution >= 0.6 is 11.8 Å². The highest BCUT2D eigenvalue weighted by Gasteiger charge is 2.14. The molecule has 1 amide bonds. The quantitative estimate of drug-likeness (QED) is 0.414. The highest BCUT2D eigenvalue weighted by atomic mass is 32.2. The summed E-state index contributed by atoms with van der Waals surface area (Å²) in [5.41, 5.74) is 5.07. The zero-order chi connectivity index (χ0) is 19.5. The fourth-order valence-electron chi connectivity index (χ4n) is 2.95. The summed E-state index contributed by atoms with van der Waals surface area (Å²) in [5, 5.41) is 12.0. The van der Waals surface area contributed by atoms with E-state index in [1.807, 2.05) is 56.3 Å². The molecule has 0 saturated heterocycles. The van der Waals surface area contributed by atoms with Crippen molar-refractivity contribution < 1.29 is 4.79 Å². The molecular weight excluding hydrogens is 372 g/mol. The second kappa shape index (κ2) is 7.77. The summed E-state index contributed by atoms with van der Waals surface area (Å²) < 4.78 is 1.66. The molecule has 0 aliphatic rings. The molecule has 0 aliphatic heterocycles. The lowest BCUT2D eigenvalue weighted by atomic mass is 10.1. The number of rotatable bonds is 5. The van der Waals surface area contributed by atoms with Gasteiger partial charge in [-0.1, -0.05) is 41.2 Å². The summed E-state index contributed by atoms with van der Waals surface area (Å²) in [7, 11) is 0. The maximum atomic E-state index is 12.4. The van der Waals surface area contributed by atoms with Crippen LogP contribution in [-0.4, -0.2) is 36.6 Å². The zero-order valence-electron chi connectivity index (χ0n) is 15.5. The van der Waals surface area contributed by atoms with Crippen LogP contribution in [0, 0.1) is 13.8 Å². The normalized spacial score (nSPS) is 10.9. The first-order valence-corrected chi connectivity index (χ1v) is 9.71. The Labute approximate surface area is 166 Å². The molecule has 0 fully saturated rings. The highest BCUT2D eigenvalue weighted by Crippen LogP contribution is 2.24. The summed E-state index contributed by atoms with van der Waals surface area (Å²) in [4.78, 5) is 20.9. The van der Waals surface area contributed by atoms with Crippen molar-refractivity contribution in [3.8, 4) is 5.69 Å². The highest BCUT2D eigenvalue weighted by molar-refractivity contribution is 8.00. The van der Waals surface area contributed by atoms with Crippen LogP contribution in [0.4, 0.5) is 5.69 Å². The molecule has 28 heavy (non-hydrogen) atoms. The summed E-state index contributed by atoms with van der Waals surface area (Å²) in [6, 6.07) is 15.6. The van der Waals surface area contributed by atoms with Gasteiger partial charge in [-0.25, -0.2) is 9.97 Å². The van der Waals surface area contributed by atoms with E-state index >= 15 is 0 Å². The summed E-state index contributed by atoms with van der Waals surface area (Å²) in [6.45, 7) is 4.01. The van der Waals surface area contributed by atoms with E-state index < -0.39 is 0 Å². The number of fused-ring (bicyclic) bond motifs is 1. The van der Waals surface area contributed by atoms with Gasteiger partial charge in [-0.2, -0.15) is 4.68 Å². The SMILES string of the molecule is Cc1cc(C)cc(NC(=O)CSc2ncnc3c2nnn3-c2ccccc2)c1. The van der Waals surface area contributed by atoms with Crippen molar-refractivity contribution in [2.45, 2.75) is 18.9 Å². The molecule has 0 radical (unpaired) electrons. The molecule has 4 rings (SSSR count). The lowest BCUT2D eigenvalue weighted by molar-refractivity contribution is -0.113. The Morgan fingerprint density at radius 2 is 1.82 bits per heavy atom. The van der Waals surface area contributed by atoms with Gasteiger partial charge in [-0.05, 0) is 49.2 Å². The smallest absolute Gasteiger partial charge is 0.234 e. The van der Waals surface area contributed by atoms with Crippen molar-refractivity contribution in [3.05, 3.63) is 66.0 Å². The molecule has 2 aromatic heterocycles. The number of hydrogen-bond acceptors (Lipinski definition) is 6. The number of thioether (sulfide) groups is 1. The lowest BCUT2D eigenvalue weighted by Gasteiger charge is -2.07. The molecule has 7 nitrogen and oxygen atoms in total. The molecule has 0 bridgehead atoms. The summed E-state index contributed by atoms with van der Waals surface area (Å²) >= 11 is 1.32. The van der Waals surface area contributed by atoms with Crippen LogP contribution < -0.4 is 5.32 Å². The van der Waals surface area contributed by atoms with E-state index in [1.54, 1.807) is 4.68 Å². The van der Waals surface area contributed by atoms with E-state index in [-0.39, 0.29) is 11.7 Å². The topological polar surface area (TPSA) is 85.6 Å². The minimum Gasteiger partial charge on any atom is -0.325 e. The first kappa shape index (κ1) is 18.1. The summed E-state index contributed by atoms with van der Waals surface area (Å²) in [5.74, 6) is 0.120. The molecule has 0 unspecified atom stereocenters. The van der Waals surface area contributed by atoms with E-state index in [0.717, 1.165) is 22.5 Å².